The van der Waals surface area contributed by atoms with Crippen LogP contribution in [0.1, 0.15) is 5.56 Å². The van der Waals surface area contributed by atoms with Crippen molar-refractivity contribution in [3.05, 3.63) is 42.1 Å². The second kappa shape index (κ2) is 4.89. The molecule has 0 unspecified atom stereocenters. The Morgan fingerprint density at radius 1 is 1.21 bits per heavy atom. The topological polar surface area (TPSA) is 76.5 Å². The van der Waals surface area contributed by atoms with Crippen molar-refractivity contribution in [2.45, 2.75) is 11.8 Å². The number of hydrogen-bond donors (Lipinski definition) is 1. The molecular formula is C13H13NO4S. The Labute approximate surface area is 111 Å². The van der Waals surface area contributed by atoms with Crippen molar-refractivity contribution < 1.29 is 18.3 Å². The van der Waals surface area contributed by atoms with E-state index in [1.54, 1.807) is 19.1 Å². The highest BCUT2D eigenvalue weighted by atomic mass is 32.2. The summed E-state index contributed by atoms with van der Waals surface area (Å²) >= 11 is 0. The predicted octanol–water partition coefficient (Wildman–Crippen LogP) is 2.29. The third-order valence-corrected chi connectivity index (χ3v) is 3.71. The first-order valence-corrected chi connectivity index (χ1v) is 7.40. The summed E-state index contributed by atoms with van der Waals surface area (Å²) in [5.41, 5.74) is 0.521. The molecule has 0 saturated heterocycles. The number of phenols is 1. The Morgan fingerprint density at radius 3 is 2.63 bits per heavy atom. The Morgan fingerprint density at radius 2 is 1.95 bits per heavy atom. The fourth-order valence-electron chi connectivity index (χ4n) is 1.55. The van der Waals surface area contributed by atoms with E-state index in [2.05, 4.69) is 4.98 Å². The van der Waals surface area contributed by atoms with Crippen LogP contribution in [0.15, 0.2) is 41.4 Å². The molecule has 0 radical (unpaired) electrons. The maximum atomic E-state index is 11.6. The minimum absolute atomic E-state index is 0.00120. The van der Waals surface area contributed by atoms with E-state index in [1.807, 2.05) is 0 Å². The molecule has 1 aromatic heterocycles. The van der Waals surface area contributed by atoms with Gasteiger partial charge in [-0.2, -0.15) is 0 Å². The van der Waals surface area contributed by atoms with Gasteiger partial charge in [-0.1, -0.05) is 6.07 Å². The van der Waals surface area contributed by atoms with Crippen LogP contribution in [0, 0.1) is 6.92 Å². The van der Waals surface area contributed by atoms with Crippen LogP contribution in [0.5, 0.6) is 17.4 Å². The second-order valence-corrected chi connectivity index (χ2v) is 6.07. The van der Waals surface area contributed by atoms with E-state index in [9.17, 15) is 13.5 Å². The number of aromatic nitrogens is 1. The number of rotatable bonds is 3. The van der Waals surface area contributed by atoms with Gasteiger partial charge in [0.25, 0.3) is 0 Å². The number of phenolic OH excluding ortho intramolecular Hbond substituents is 1. The van der Waals surface area contributed by atoms with E-state index in [1.165, 1.54) is 24.4 Å². The molecule has 1 aromatic carbocycles. The first-order chi connectivity index (χ1) is 8.89. The zero-order valence-corrected chi connectivity index (χ0v) is 11.3. The number of aromatic hydroxyl groups is 1. The molecule has 0 saturated carbocycles. The number of benzene rings is 1. The number of pyridine rings is 1. The van der Waals surface area contributed by atoms with Crippen LogP contribution in [-0.2, 0) is 9.84 Å². The van der Waals surface area contributed by atoms with Gasteiger partial charge in [0, 0.05) is 18.0 Å². The molecule has 0 fully saturated rings. The molecule has 0 spiro atoms. The number of nitrogens with zero attached hydrogens (tertiary/aromatic N) is 1. The lowest BCUT2D eigenvalue weighted by Gasteiger charge is -2.11. The smallest absolute Gasteiger partial charge is 0.238 e. The molecule has 0 aliphatic rings. The third kappa shape index (κ3) is 2.85. The van der Waals surface area contributed by atoms with Crippen LogP contribution >= 0.6 is 0 Å². The van der Waals surface area contributed by atoms with Crippen molar-refractivity contribution in [2.24, 2.45) is 0 Å². The molecule has 0 atom stereocenters. The summed E-state index contributed by atoms with van der Waals surface area (Å²) in [5, 5.41) is 9.59. The maximum absolute atomic E-state index is 11.6. The molecule has 2 rings (SSSR count). The lowest BCUT2D eigenvalue weighted by molar-refractivity contribution is 0.429. The average Bonchev–Trinajstić information content (AvgIpc) is 2.34. The van der Waals surface area contributed by atoms with Gasteiger partial charge < -0.3 is 9.84 Å². The molecule has 0 amide bonds. The van der Waals surface area contributed by atoms with E-state index in [0.29, 0.717) is 11.3 Å². The van der Waals surface area contributed by atoms with Gasteiger partial charge in [0.05, 0.1) is 0 Å². The molecule has 1 heterocycles. The normalized spacial score (nSPS) is 11.3. The Hall–Kier alpha value is -2.08. The van der Waals surface area contributed by atoms with Crippen LogP contribution in [0.4, 0.5) is 0 Å². The predicted molar refractivity (Wildman–Crippen MR) is 70.3 cm³/mol. The first kappa shape index (κ1) is 13.4. The Bertz CT molecular complexity index is 710. The van der Waals surface area contributed by atoms with E-state index >= 15 is 0 Å². The highest BCUT2D eigenvalue weighted by Gasteiger charge is 2.17. The molecular weight excluding hydrogens is 266 g/mol. The third-order valence-electron chi connectivity index (χ3n) is 2.60. The van der Waals surface area contributed by atoms with Crippen LogP contribution < -0.4 is 4.74 Å². The lowest BCUT2D eigenvalue weighted by Crippen LogP contribution is -2.02. The van der Waals surface area contributed by atoms with Crippen molar-refractivity contribution >= 4 is 9.84 Å². The summed E-state index contributed by atoms with van der Waals surface area (Å²) in [7, 11) is -3.43. The quantitative estimate of drug-likeness (QED) is 0.932. The molecule has 1 N–H and O–H groups in total. The zero-order chi connectivity index (χ0) is 14.0. The molecule has 19 heavy (non-hydrogen) atoms. The van der Waals surface area contributed by atoms with Crippen LogP contribution in [-0.4, -0.2) is 24.8 Å². The van der Waals surface area contributed by atoms with Gasteiger partial charge >= 0.3 is 0 Å². The van der Waals surface area contributed by atoms with Crippen molar-refractivity contribution in [1.29, 1.82) is 0 Å². The van der Waals surface area contributed by atoms with E-state index in [-0.39, 0.29) is 16.5 Å². The number of ether oxygens (including phenoxy) is 1. The fourth-order valence-corrected chi connectivity index (χ4v) is 2.29. The highest BCUT2D eigenvalue weighted by Crippen LogP contribution is 2.32. The number of sulfone groups is 1. The summed E-state index contributed by atoms with van der Waals surface area (Å²) in [6, 6.07) is 7.73. The SMILES string of the molecule is Cc1c(O)cccc1Oc1ncccc1S(C)(=O)=O. The highest BCUT2D eigenvalue weighted by molar-refractivity contribution is 7.90. The second-order valence-electron chi connectivity index (χ2n) is 4.08. The van der Waals surface area contributed by atoms with Gasteiger partial charge in [-0.3, -0.25) is 0 Å². The molecule has 0 bridgehead atoms. The largest absolute Gasteiger partial charge is 0.508 e. The standard InChI is InChI=1S/C13H13NO4S/c1-9-10(15)5-3-6-11(9)18-13-12(19(2,16)17)7-4-8-14-13/h3-8,15H,1-2H3. The summed E-state index contributed by atoms with van der Waals surface area (Å²) < 4.78 is 28.8. The molecule has 100 valence electrons. The molecule has 6 heteroatoms. The first-order valence-electron chi connectivity index (χ1n) is 5.51. The van der Waals surface area contributed by atoms with Crippen molar-refractivity contribution in [1.82, 2.24) is 4.98 Å². The van der Waals surface area contributed by atoms with Gasteiger partial charge in [-0.25, -0.2) is 13.4 Å². The summed E-state index contributed by atoms with van der Waals surface area (Å²) in [4.78, 5) is 3.94. The summed E-state index contributed by atoms with van der Waals surface area (Å²) in [6.07, 6.45) is 2.54. The van der Waals surface area contributed by atoms with E-state index in [0.717, 1.165) is 6.26 Å². The van der Waals surface area contributed by atoms with Crippen LogP contribution in [0.25, 0.3) is 0 Å². The zero-order valence-electron chi connectivity index (χ0n) is 10.5. The van der Waals surface area contributed by atoms with Gasteiger partial charge in [-0.05, 0) is 31.2 Å². The monoisotopic (exact) mass is 279 g/mol. The van der Waals surface area contributed by atoms with Gasteiger partial charge in [0.15, 0.2) is 9.84 Å². The fraction of sp³-hybridized carbons (Fsp3) is 0.154. The van der Waals surface area contributed by atoms with E-state index in [4.69, 9.17) is 4.74 Å². The lowest BCUT2D eigenvalue weighted by atomic mass is 10.2. The molecule has 0 aliphatic carbocycles. The molecule has 0 aliphatic heterocycles. The van der Waals surface area contributed by atoms with Crippen molar-refractivity contribution in [2.75, 3.05) is 6.26 Å². The number of hydrogen-bond acceptors (Lipinski definition) is 5. The van der Waals surface area contributed by atoms with Crippen molar-refractivity contribution in [3.63, 3.8) is 0 Å². The molecule has 5 nitrogen and oxygen atoms in total. The van der Waals surface area contributed by atoms with E-state index < -0.39 is 9.84 Å². The summed E-state index contributed by atoms with van der Waals surface area (Å²) in [5.74, 6) is 0.441. The Kier molecular flexibility index (Phi) is 3.44. The van der Waals surface area contributed by atoms with Gasteiger partial charge in [-0.15, -0.1) is 0 Å². The van der Waals surface area contributed by atoms with Gasteiger partial charge in [0.1, 0.15) is 16.4 Å². The Balaban J connectivity index is 2.48. The van der Waals surface area contributed by atoms with Gasteiger partial charge in [0.2, 0.25) is 5.88 Å². The maximum Gasteiger partial charge on any atom is 0.238 e. The average molecular weight is 279 g/mol. The van der Waals surface area contributed by atoms with Crippen LogP contribution in [0.2, 0.25) is 0 Å². The molecule has 2 aromatic rings. The van der Waals surface area contributed by atoms with Crippen molar-refractivity contribution in [3.8, 4) is 17.4 Å². The minimum atomic E-state index is -3.43. The summed E-state index contributed by atoms with van der Waals surface area (Å²) in [6.45, 7) is 1.67. The minimum Gasteiger partial charge on any atom is -0.508 e. The van der Waals surface area contributed by atoms with Crippen LogP contribution in [0.3, 0.4) is 0 Å².